The molecule has 1 aliphatic heterocycles. The summed E-state index contributed by atoms with van der Waals surface area (Å²) in [6.45, 7) is 5.57. The van der Waals surface area contributed by atoms with Crippen LogP contribution in [0, 0.1) is 17.2 Å². The highest BCUT2D eigenvalue weighted by Gasteiger charge is 2.52. The Kier molecular flexibility index (Phi) is 5.47. The maximum atomic E-state index is 12.1. The average molecular weight is 507 g/mol. The Morgan fingerprint density at radius 2 is 2.23 bits per heavy atom. The number of piperidine rings is 1. The molecule has 1 saturated carbocycles. The highest BCUT2D eigenvalue weighted by molar-refractivity contribution is 7.14. The van der Waals surface area contributed by atoms with Crippen LogP contribution in [0.3, 0.4) is 0 Å². The Hall–Kier alpha value is -3.07. The number of aromatic nitrogens is 4. The van der Waals surface area contributed by atoms with Gasteiger partial charge in [-0.3, -0.25) is 4.79 Å². The van der Waals surface area contributed by atoms with E-state index < -0.39 is 11.3 Å². The summed E-state index contributed by atoms with van der Waals surface area (Å²) in [5.41, 5.74) is 8.21. The summed E-state index contributed by atoms with van der Waals surface area (Å²) in [6.07, 6.45) is 4.54. The number of aryl methyl sites for hydroxylation is 2. The average Bonchev–Trinajstić information content (AvgIpc) is 3.38. The summed E-state index contributed by atoms with van der Waals surface area (Å²) >= 11 is 3.22. The molecule has 9 nitrogen and oxygen atoms in total. The number of likely N-dealkylation sites (tertiary alicyclic amines) is 1. The van der Waals surface area contributed by atoms with Crippen molar-refractivity contribution < 1.29 is 4.79 Å². The second-order valence-corrected chi connectivity index (χ2v) is 11.7. The van der Waals surface area contributed by atoms with Crippen molar-refractivity contribution in [3.8, 4) is 6.07 Å². The third-order valence-electron chi connectivity index (χ3n) is 7.65. The Labute approximate surface area is 211 Å². The van der Waals surface area contributed by atoms with Crippen molar-refractivity contribution in [3.05, 3.63) is 61.4 Å². The molecule has 4 heterocycles. The third kappa shape index (κ3) is 3.59. The van der Waals surface area contributed by atoms with Crippen molar-refractivity contribution in [1.82, 2.24) is 30.8 Å². The Bertz CT molecular complexity index is 1320. The van der Waals surface area contributed by atoms with Crippen LogP contribution in [0.4, 0.5) is 0 Å². The summed E-state index contributed by atoms with van der Waals surface area (Å²) in [5, 5.41) is 30.6. The number of hydrogen-bond acceptors (Lipinski definition) is 9. The molecule has 3 aliphatic rings. The molecule has 0 radical (unpaired) electrons. The molecule has 0 spiro atoms. The number of thiophene rings is 2. The summed E-state index contributed by atoms with van der Waals surface area (Å²) < 4.78 is 0. The lowest BCUT2D eigenvalue weighted by Gasteiger charge is -2.32. The molecule has 1 amide bonds. The van der Waals surface area contributed by atoms with Crippen molar-refractivity contribution in [1.29, 1.82) is 5.26 Å². The number of carbonyl (C=O) groups is 1. The number of primary amides is 1. The van der Waals surface area contributed by atoms with Gasteiger partial charge in [0.25, 0.3) is 5.91 Å². The largest absolute Gasteiger partial charge is 0.365 e. The van der Waals surface area contributed by atoms with Crippen LogP contribution >= 0.6 is 22.7 Å². The molecule has 2 aliphatic carbocycles. The first-order chi connectivity index (χ1) is 17.0. The fourth-order valence-corrected chi connectivity index (χ4v) is 8.02. The van der Waals surface area contributed by atoms with Crippen LogP contribution in [0.25, 0.3) is 0 Å². The lowest BCUT2D eigenvalue weighted by molar-refractivity contribution is 0.100. The zero-order chi connectivity index (χ0) is 24.2. The number of fused-ring (bicyclic) bond motifs is 3. The molecule has 180 valence electrons. The van der Waals surface area contributed by atoms with Gasteiger partial charge in [0.1, 0.15) is 6.04 Å². The smallest absolute Gasteiger partial charge is 0.258 e. The molecule has 4 N–H and O–H groups in total. The normalized spacial score (nSPS) is 26.4. The van der Waals surface area contributed by atoms with Crippen LogP contribution < -0.4 is 11.1 Å². The van der Waals surface area contributed by atoms with E-state index in [1.807, 2.05) is 6.07 Å². The molecule has 11 heteroatoms. The summed E-state index contributed by atoms with van der Waals surface area (Å²) in [5.74, 6) is 0.832. The Balaban J connectivity index is 1.30. The number of H-pyrrole nitrogens is 1. The number of tetrazole rings is 1. The van der Waals surface area contributed by atoms with Gasteiger partial charge in [0, 0.05) is 28.0 Å². The number of hydrogen-bond donors (Lipinski definition) is 3. The molecular formula is C24H26N8OS2. The van der Waals surface area contributed by atoms with E-state index in [1.54, 1.807) is 11.3 Å². The number of carbonyl (C=O) groups excluding carboxylic acids is 1. The molecule has 0 aromatic carbocycles. The molecule has 0 bridgehead atoms. The van der Waals surface area contributed by atoms with Gasteiger partial charge in [-0.1, -0.05) is 11.8 Å². The molecule has 3 aromatic heterocycles. The Morgan fingerprint density at radius 1 is 1.37 bits per heavy atom. The van der Waals surface area contributed by atoms with Gasteiger partial charge in [-0.2, -0.15) is 10.5 Å². The number of nitriles is 1. The predicted octanol–water partition coefficient (Wildman–Crippen LogP) is 2.33. The number of nitrogens with two attached hydrogens (primary N) is 1. The predicted molar refractivity (Wildman–Crippen MR) is 133 cm³/mol. The number of aromatic amines is 1. The minimum atomic E-state index is -0.642. The van der Waals surface area contributed by atoms with Crippen LogP contribution in [0.2, 0.25) is 0 Å². The van der Waals surface area contributed by atoms with Gasteiger partial charge in [0.15, 0.2) is 5.82 Å². The van der Waals surface area contributed by atoms with Crippen LogP contribution in [0.1, 0.15) is 55.6 Å². The first kappa shape index (κ1) is 22.4. The molecule has 3 aromatic rings. The van der Waals surface area contributed by atoms with E-state index in [-0.39, 0.29) is 6.04 Å². The molecule has 2 unspecified atom stereocenters. The van der Waals surface area contributed by atoms with Gasteiger partial charge < -0.3 is 16.0 Å². The van der Waals surface area contributed by atoms with Crippen LogP contribution in [-0.2, 0) is 18.3 Å². The Morgan fingerprint density at radius 3 is 3.00 bits per heavy atom. The summed E-state index contributed by atoms with van der Waals surface area (Å²) in [7, 11) is 0. The van der Waals surface area contributed by atoms with E-state index in [0.29, 0.717) is 42.2 Å². The number of nitrogens with one attached hydrogen (secondary N) is 2. The van der Waals surface area contributed by atoms with Gasteiger partial charge in [0.05, 0.1) is 16.4 Å². The summed E-state index contributed by atoms with van der Waals surface area (Å²) in [4.78, 5) is 17.3. The van der Waals surface area contributed by atoms with Gasteiger partial charge >= 0.3 is 0 Å². The zero-order valence-corrected chi connectivity index (χ0v) is 20.8. The first-order valence-corrected chi connectivity index (χ1v) is 13.5. The highest BCUT2D eigenvalue weighted by atomic mass is 32.1. The lowest BCUT2D eigenvalue weighted by Crippen LogP contribution is -2.38. The van der Waals surface area contributed by atoms with E-state index in [1.165, 1.54) is 28.2 Å². The molecule has 6 rings (SSSR count). The minimum Gasteiger partial charge on any atom is -0.365 e. The second kappa shape index (κ2) is 8.55. The fourth-order valence-electron chi connectivity index (χ4n) is 5.98. The zero-order valence-electron chi connectivity index (χ0n) is 19.2. The number of nitrogens with zero attached hydrogens (tertiary/aromatic N) is 5. The van der Waals surface area contributed by atoms with Crippen LogP contribution in [0.15, 0.2) is 29.8 Å². The molecule has 1 saturated heterocycles. The van der Waals surface area contributed by atoms with Crippen LogP contribution in [-0.4, -0.2) is 56.6 Å². The quantitative estimate of drug-likeness (QED) is 0.399. The monoisotopic (exact) mass is 506 g/mol. The third-order valence-corrected chi connectivity index (χ3v) is 9.84. The lowest BCUT2D eigenvalue weighted by atomic mass is 9.72. The highest BCUT2D eigenvalue weighted by Crippen LogP contribution is 2.50. The molecular weight excluding hydrogens is 480 g/mol. The van der Waals surface area contributed by atoms with Gasteiger partial charge in [0.2, 0.25) is 0 Å². The molecule has 35 heavy (non-hydrogen) atoms. The van der Waals surface area contributed by atoms with Crippen LogP contribution in [0.5, 0.6) is 0 Å². The summed E-state index contributed by atoms with van der Waals surface area (Å²) in [6, 6.07) is 6.94. The second-order valence-electron chi connectivity index (χ2n) is 9.55. The maximum absolute atomic E-state index is 12.1. The van der Waals surface area contributed by atoms with E-state index >= 15 is 0 Å². The number of rotatable bonds is 8. The van der Waals surface area contributed by atoms with Crippen molar-refractivity contribution in [2.45, 2.75) is 49.6 Å². The van der Waals surface area contributed by atoms with E-state index in [9.17, 15) is 10.1 Å². The first-order valence-electron chi connectivity index (χ1n) is 11.8. The van der Waals surface area contributed by atoms with Gasteiger partial charge in [-0.15, -0.1) is 32.9 Å². The minimum absolute atomic E-state index is 0.0606. The van der Waals surface area contributed by atoms with E-state index in [0.717, 1.165) is 35.4 Å². The van der Waals surface area contributed by atoms with Crippen molar-refractivity contribution in [2.24, 2.45) is 11.7 Å². The molecule has 4 atom stereocenters. The fraction of sp³-hybridized carbons (Fsp3) is 0.458. The topological polar surface area (TPSA) is 137 Å². The standard InChI is InChI=1S/C24H26N8OS2/c1-13(32-15(11-25)8-14-9-18(14)32)12-27-6-5-24(23-28-30-31-29-23)16-4-7-34-19(16)2-3-20-17(24)10-21(35-20)22(26)33/h4,7,10,14-15,18,27H,1-3,5-6,8-9,12H2,(H2,26,33)(H,28,29,30,31)/t14-,15?,18+,24?/m1/s1. The van der Waals surface area contributed by atoms with E-state index in [4.69, 9.17) is 5.73 Å². The van der Waals surface area contributed by atoms with Crippen molar-refractivity contribution in [3.63, 3.8) is 0 Å². The molecule has 2 fully saturated rings. The maximum Gasteiger partial charge on any atom is 0.258 e. The SMILES string of the molecule is C=C(CNCCC1(c2nn[nH]n2)c2ccsc2CCc2sc(C(N)=O)cc21)N1C(C#N)C[C@@H]2C[C@@H]21. The van der Waals surface area contributed by atoms with Crippen molar-refractivity contribution >= 4 is 28.6 Å². The number of amides is 1. The van der Waals surface area contributed by atoms with Gasteiger partial charge in [-0.25, -0.2) is 0 Å². The van der Waals surface area contributed by atoms with E-state index in [2.05, 4.69) is 54.9 Å². The van der Waals surface area contributed by atoms with Crippen molar-refractivity contribution in [2.75, 3.05) is 13.1 Å². The van der Waals surface area contributed by atoms with Gasteiger partial charge in [-0.05, 0) is 73.2 Å².